The summed E-state index contributed by atoms with van der Waals surface area (Å²) >= 11 is 0. The van der Waals surface area contributed by atoms with E-state index in [1.165, 1.54) is 5.57 Å². The van der Waals surface area contributed by atoms with Crippen molar-refractivity contribution < 1.29 is 0 Å². The van der Waals surface area contributed by atoms with Gasteiger partial charge < -0.3 is 0 Å². The smallest absolute Gasteiger partial charge is 0.0398 e. The number of hydrogen-bond acceptors (Lipinski definition) is 0. The first kappa shape index (κ1) is 8.22. The van der Waals surface area contributed by atoms with E-state index < -0.39 is 0 Å². The molecule has 0 atom stereocenters. The fourth-order valence-electron chi connectivity index (χ4n) is 0.566. The summed E-state index contributed by atoms with van der Waals surface area (Å²) in [5.41, 5.74) is 1.29. The average molecular weight is 122 g/mol. The molecule has 0 bridgehead atoms. The Morgan fingerprint density at radius 1 is 1.11 bits per heavy atom. The van der Waals surface area contributed by atoms with Gasteiger partial charge in [-0.25, -0.2) is 0 Å². The Bertz CT molecular complexity index is 136. The first-order valence-electron chi connectivity index (χ1n) is 3.23. The van der Waals surface area contributed by atoms with E-state index in [1.54, 1.807) is 0 Å². The third-order valence-corrected chi connectivity index (χ3v) is 0.981. The second-order valence-corrected chi connectivity index (χ2v) is 1.94. The molecule has 50 valence electrons. The first-order chi connectivity index (χ1) is 4.31. The highest BCUT2D eigenvalue weighted by molar-refractivity contribution is 5.20. The van der Waals surface area contributed by atoms with E-state index in [0.717, 1.165) is 0 Å². The largest absolute Gasteiger partial charge is 0.0877 e. The van der Waals surface area contributed by atoms with Crippen LogP contribution in [0.5, 0.6) is 0 Å². The lowest BCUT2D eigenvalue weighted by atomic mass is 10.2. The van der Waals surface area contributed by atoms with E-state index in [-0.39, 0.29) is 0 Å². The summed E-state index contributed by atoms with van der Waals surface area (Å²) < 4.78 is 0. The van der Waals surface area contributed by atoms with Gasteiger partial charge in [-0.3, -0.25) is 0 Å². The topological polar surface area (TPSA) is 0 Å². The maximum Gasteiger partial charge on any atom is -0.0398 e. The SMILES string of the molecule is C\C=C/C=C(C)\C=C\C. The Balaban J connectivity index is 3.84. The molecule has 0 aliphatic carbocycles. The van der Waals surface area contributed by atoms with Crippen molar-refractivity contribution >= 4 is 0 Å². The predicted octanol–water partition coefficient (Wildman–Crippen LogP) is 3.08. The van der Waals surface area contributed by atoms with Gasteiger partial charge in [-0.2, -0.15) is 0 Å². The predicted molar refractivity (Wildman–Crippen MR) is 43.4 cm³/mol. The van der Waals surface area contributed by atoms with E-state index >= 15 is 0 Å². The summed E-state index contributed by atoms with van der Waals surface area (Å²) in [7, 11) is 0. The lowest BCUT2D eigenvalue weighted by Crippen LogP contribution is -1.62. The molecular weight excluding hydrogens is 108 g/mol. The zero-order valence-corrected chi connectivity index (χ0v) is 6.39. The highest BCUT2D eigenvalue weighted by atomic mass is 13.8. The molecule has 0 rings (SSSR count). The number of hydrogen-bond donors (Lipinski definition) is 0. The van der Waals surface area contributed by atoms with Crippen LogP contribution in [0.4, 0.5) is 0 Å². The minimum Gasteiger partial charge on any atom is -0.0877 e. The van der Waals surface area contributed by atoms with Crippen LogP contribution >= 0.6 is 0 Å². The highest BCUT2D eigenvalue weighted by Gasteiger charge is 1.72. The minimum absolute atomic E-state index is 1.29. The van der Waals surface area contributed by atoms with Gasteiger partial charge in [-0.05, 0) is 20.8 Å². The Labute approximate surface area is 57.6 Å². The monoisotopic (exact) mass is 122 g/mol. The second kappa shape index (κ2) is 5.36. The molecule has 0 aliphatic rings. The minimum atomic E-state index is 1.29. The van der Waals surface area contributed by atoms with Crippen molar-refractivity contribution in [2.24, 2.45) is 0 Å². The van der Waals surface area contributed by atoms with Gasteiger partial charge >= 0.3 is 0 Å². The van der Waals surface area contributed by atoms with Gasteiger partial charge in [0.15, 0.2) is 0 Å². The van der Waals surface area contributed by atoms with E-state index in [9.17, 15) is 0 Å². The Morgan fingerprint density at radius 3 is 2.22 bits per heavy atom. The molecule has 0 unspecified atom stereocenters. The fourth-order valence-corrected chi connectivity index (χ4v) is 0.566. The molecule has 9 heavy (non-hydrogen) atoms. The standard InChI is InChI=1S/C9H14/c1-4-6-8-9(3)7-5-2/h4-8H,1-3H3/b6-4-,7-5+,9-8-. The maximum atomic E-state index is 2.08. The lowest BCUT2D eigenvalue weighted by Gasteiger charge is -1.83. The van der Waals surface area contributed by atoms with Crippen LogP contribution < -0.4 is 0 Å². The first-order valence-corrected chi connectivity index (χ1v) is 3.23. The van der Waals surface area contributed by atoms with Gasteiger partial charge in [-0.1, -0.05) is 36.0 Å². The van der Waals surface area contributed by atoms with E-state index in [1.807, 2.05) is 32.1 Å². The van der Waals surface area contributed by atoms with Crippen molar-refractivity contribution in [3.8, 4) is 0 Å². The van der Waals surface area contributed by atoms with Crippen molar-refractivity contribution in [3.63, 3.8) is 0 Å². The van der Waals surface area contributed by atoms with Crippen LogP contribution in [0, 0.1) is 0 Å². The van der Waals surface area contributed by atoms with Crippen molar-refractivity contribution in [1.29, 1.82) is 0 Å². The molecule has 0 amide bonds. The van der Waals surface area contributed by atoms with Crippen LogP contribution in [0.1, 0.15) is 20.8 Å². The second-order valence-electron chi connectivity index (χ2n) is 1.94. The van der Waals surface area contributed by atoms with E-state index in [2.05, 4.69) is 19.1 Å². The molecule has 0 aromatic heterocycles. The van der Waals surface area contributed by atoms with Crippen LogP contribution in [-0.2, 0) is 0 Å². The van der Waals surface area contributed by atoms with Crippen LogP contribution in [0.3, 0.4) is 0 Å². The molecule has 0 N–H and O–H groups in total. The van der Waals surface area contributed by atoms with E-state index in [0.29, 0.717) is 0 Å². The number of rotatable bonds is 2. The molecular formula is C9H14. The van der Waals surface area contributed by atoms with Crippen molar-refractivity contribution in [2.45, 2.75) is 20.8 Å². The average Bonchev–Trinajstić information content (AvgIpc) is 1.85. The molecule has 0 saturated carbocycles. The van der Waals surface area contributed by atoms with Gasteiger partial charge in [0.2, 0.25) is 0 Å². The third kappa shape index (κ3) is 5.09. The van der Waals surface area contributed by atoms with Gasteiger partial charge in [0.05, 0.1) is 0 Å². The summed E-state index contributed by atoms with van der Waals surface area (Å²) in [6, 6.07) is 0. The van der Waals surface area contributed by atoms with Crippen molar-refractivity contribution in [3.05, 3.63) is 36.0 Å². The van der Waals surface area contributed by atoms with Gasteiger partial charge in [-0.15, -0.1) is 0 Å². The van der Waals surface area contributed by atoms with Gasteiger partial charge in [0, 0.05) is 0 Å². The third-order valence-electron chi connectivity index (χ3n) is 0.981. The molecule has 0 nitrogen and oxygen atoms in total. The summed E-state index contributed by atoms with van der Waals surface area (Å²) in [5, 5.41) is 0. The summed E-state index contributed by atoms with van der Waals surface area (Å²) in [5.74, 6) is 0. The molecule has 0 spiro atoms. The van der Waals surface area contributed by atoms with Crippen molar-refractivity contribution in [2.75, 3.05) is 0 Å². The van der Waals surface area contributed by atoms with Crippen LogP contribution in [0.15, 0.2) is 36.0 Å². The molecule has 0 radical (unpaired) electrons. The highest BCUT2D eigenvalue weighted by Crippen LogP contribution is 1.93. The molecule has 0 aliphatic heterocycles. The Morgan fingerprint density at radius 2 is 1.78 bits per heavy atom. The number of allylic oxidation sites excluding steroid dienone is 6. The molecule has 0 saturated heterocycles. The summed E-state index contributed by atoms with van der Waals surface area (Å²) in [4.78, 5) is 0. The van der Waals surface area contributed by atoms with Crippen LogP contribution in [0.25, 0.3) is 0 Å². The zero-order valence-electron chi connectivity index (χ0n) is 6.39. The molecule has 0 aromatic rings. The zero-order chi connectivity index (χ0) is 7.11. The van der Waals surface area contributed by atoms with Crippen molar-refractivity contribution in [1.82, 2.24) is 0 Å². The maximum absolute atomic E-state index is 2.08. The Kier molecular flexibility index (Phi) is 4.89. The van der Waals surface area contributed by atoms with Crippen LogP contribution in [-0.4, -0.2) is 0 Å². The molecule has 0 heterocycles. The summed E-state index contributed by atoms with van der Waals surface area (Å²) in [6.45, 7) is 6.12. The molecule has 0 fully saturated rings. The fraction of sp³-hybridized carbons (Fsp3) is 0.333. The van der Waals surface area contributed by atoms with Gasteiger partial charge in [0.25, 0.3) is 0 Å². The molecule has 0 aromatic carbocycles. The quantitative estimate of drug-likeness (QED) is 0.494. The molecule has 0 heteroatoms. The van der Waals surface area contributed by atoms with E-state index in [4.69, 9.17) is 0 Å². The normalized spacial score (nSPS) is 13.9. The Hall–Kier alpha value is -0.780. The van der Waals surface area contributed by atoms with Gasteiger partial charge in [0.1, 0.15) is 0 Å². The lowest BCUT2D eigenvalue weighted by molar-refractivity contribution is 1.50. The van der Waals surface area contributed by atoms with Crippen LogP contribution in [0.2, 0.25) is 0 Å². The summed E-state index contributed by atoms with van der Waals surface area (Å²) in [6.07, 6.45) is 10.3.